The number of nitrogens with zero attached hydrogens (tertiary/aromatic N) is 1. The molecule has 7 heteroatoms. The zero-order valence-electron chi connectivity index (χ0n) is 13.6. The Balaban J connectivity index is 1.54. The molecule has 1 aliphatic rings. The van der Waals surface area contributed by atoms with Crippen molar-refractivity contribution in [1.29, 1.82) is 0 Å². The van der Waals surface area contributed by atoms with Crippen LogP contribution in [0.15, 0.2) is 59.6 Å². The number of carbonyl (C=O) groups is 2. The number of hydrogen-bond donors (Lipinski definition) is 2. The van der Waals surface area contributed by atoms with E-state index in [-0.39, 0.29) is 18.2 Å². The summed E-state index contributed by atoms with van der Waals surface area (Å²) in [4.78, 5) is 27.8. The fourth-order valence-corrected chi connectivity index (χ4v) is 3.19. The van der Waals surface area contributed by atoms with Crippen LogP contribution in [0.5, 0.6) is 11.5 Å². The third kappa shape index (κ3) is 4.60. The molecule has 128 valence electrons. The van der Waals surface area contributed by atoms with Crippen molar-refractivity contribution in [2.45, 2.75) is 11.7 Å². The quantitative estimate of drug-likeness (QED) is 0.864. The topological polar surface area (TPSA) is 79.8 Å². The van der Waals surface area contributed by atoms with Crippen LogP contribution in [0.3, 0.4) is 0 Å². The van der Waals surface area contributed by atoms with Gasteiger partial charge in [-0.25, -0.2) is 0 Å². The van der Waals surface area contributed by atoms with Crippen molar-refractivity contribution in [3.63, 3.8) is 0 Å². The maximum Gasteiger partial charge on any atom is 0.240 e. The van der Waals surface area contributed by atoms with Gasteiger partial charge < -0.3 is 15.4 Å². The summed E-state index contributed by atoms with van der Waals surface area (Å²) in [5.41, 5.74) is 0.651. The Hall–Kier alpha value is -2.80. The second-order valence-electron chi connectivity index (χ2n) is 5.32. The summed E-state index contributed by atoms with van der Waals surface area (Å²) in [7, 11) is 1.60. The number of para-hydroxylation sites is 1. The van der Waals surface area contributed by atoms with Gasteiger partial charge in [0, 0.05) is 19.2 Å². The minimum atomic E-state index is -0.445. The second kappa shape index (κ2) is 7.85. The molecule has 1 saturated heterocycles. The van der Waals surface area contributed by atoms with Crippen molar-refractivity contribution < 1.29 is 14.3 Å². The molecular formula is C18H17N3O3S. The van der Waals surface area contributed by atoms with Crippen molar-refractivity contribution in [2.75, 3.05) is 12.4 Å². The molecule has 3 rings (SSSR count). The molecule has 0 unspecified atom stereocenters. The van der Waals surface area contributed by atoms with Crippen molar-refractivity contribution in [3.8, 4) is 11.5 Å². The van der Waals surface area contributed by atoms with Crippen LogP contribution < -0.4 is 15.4 Å². The number of amides is 2. The summed E-state index contributed by atoms with van der Waals surface area (Å²) in [5.74, 6) is 1.02. The summed E-state index contributed by atoms with van der Waals surface area (Å²) in [5, 5.41) is 5.52. The molecule has 0 bridgehead atoms. The highest BCUT2D eigenvalue weighted by Gasteiger charge is 2.31. The van der Waals surface area contributed by atoms with Gasteiger partial charge >= 0.3 is 0 Å². The van der Waals surface area contributed by atoms with Crippen LogP contribution in [-0.2, 0) is 9.59 Å². The Morgan fingerprint density at radius 1 is 1.16 bits per heavy atom. The van der Waals surface area contributed by atoms with Gasteiger partial charge in [-0.3, -0.25) is 14.6 Å². The first-order valence-corrected chi connectivity index (χ1v) is 8.59. The van der Waals surface area contributed by atoms with Gasteiger partial charge in [-0.05, 0) is 36.4 Å². The highest BCUT2D eigenvalue weighted by Crippen LogP contribution is 2.24. The number of nitrogens with one attached hydrogen (secondary N) is 2. The van der Waals surface area contributed by atoms with E-state index in [0.717, 1.165) is 5.75 Å². The molecule has 2 N–H and O–H groups in total. The predicted octanol–water partition coefficient (Wildman–Crippen LogP) is 3.02. The number of hydrogen-bond acceptors (Lipinski definition) is 5. The summed E-state index contributed by atoms with van der Waals surface area (Å²) in [6, 6.07) is 16.5. The lowest BCUT2D eigenvalue weighted by Crippen LogP contribution is -2.28. The van der Waals surface area contributed by atoms with Gasteiger partial charge in [0.15, 0.2) is 5.17 Å². The summed E-state index contributed by atoms with van der Waals surface area (Å²) in [6.45, 7) is 0. The standard InChI is InChI=1S/C18H17N3O3S/c1-19-18-21-17(23)15(25-18)11-16(22)20-12-7-9-14(10-8-12)24-13-5-3-2-4-6-13/h2-10,15H,11H2,1H3,(H,20,22)(H,19,21,23)/t15-/m0/s1. The lowest BCUT2D eigenvalue weighted by molar-refractivity contribution is -0.122. The van der Waals surface area contributed by atoms with Crippen LogP contribution in [0.2, 0.25) is 0 Å². The van der Waals surface area contributed by atoms with E-state index in [4.69, 9.17) is 4.74 Å². The Morgan fingerprint density at radius 2 is 1.84 bits per heavy atom. The van der Waals surface area contributed by atoms with Crippen LogP contribution in [0.25, 0.3) is 0 Å². The van der Waals surface area contributed by atoms with Crippen LogP contribution in [0, 0.1) is 0 Å². The van der Waals surface area contributed by atoms with Crippen molar-refractivity contribution in [1.82, 2.24) is 5.32 Å². The molecule has 1 atom stereocenters. The molecule has 0 spiro atoms. The molecule has 0 radical (unpaired) electrons. The van der Waals surface area contributed by atoms with Crippen LogP contribution >= 0.6 is 11.8 Å². The maximum absolute atomic E-state index is 12.1. The molecule has 25 heavy (non-hydrogen) atoms. The summed E-state index contributed by atoms with van der Waals surface area (Å²) >= 11 is 1.27. The van der Waals surface area contributed by atoms with Gasteiger partial charge in [-0.2, -0.15) is 0 Å². The van der Waals surface area contributed by atoms with E-state index in [1.165, 1.54) is 11.8 Å². The number of carbonyl (C=O) groups excluding carboxylic acids is 2. The van der Waals surface area contributed by atoms with Gasteiger partial charge in [0.1, 0.15) is 16.7 Å². The molecule has 1 heterocycles. The largest absolute Gasteiger partial charge is 0.457 e. The number of anilines is 1. The van der Waals surface area contributed by atoms with Gasteiger partial charge in [0.25, 0.3) is 0 Å². The lowest BCUT2D eigenvalue weighted by Gasteiger charge is -2.09. The number of aliphatic imine (C=N–C) groups is 1. The maximum atomic E-state index is 12.1. The Morgan fingerprint density at radius 3 is 2.48 bits per heavy atom. The Bertz CT molecular complexity index is 791. The normalized spacial score (nSPS) is 18.0. The molecule has 0 saturated carbocycles. The predicted molar refractivity (Wildman–Crippen MR) is 99.1 cm³/mol. The molecule has 2 aromatic carbocycles. The fraction of sp³-hybridized carbons (Fsp3) is 0.167. The van der Waals surface area contributed by atoms with Crippen molar-refractivity contribution in [2.24, 2.45) is 4.99 Å². The molecule has 0 aromatic heterocycles. The van der Waals surface area contributed by atoms with Crippen molar-refractivity contribution in [3.05, 3.63) is 54.6 Å². The van der Waals surface area contributed by atoms with E-state index in [2.05, 4.69) is 15.6 Å². The monoisotopic (exact) mass is 355 g/mol. The fourth-order valence-electron chi connectivity index (χ4n) is 2.26. The first-order chi connectivity index (χ1) is 12.1. The van der Waals surface area contributed by atoms with Gasteiger partial charge in [-0.15, -0.1) is 0 Å². The van der Waals surface area contributed by atoms with Crippen molar-refractivity contribution >= 4 is 34.4 Å². The van der Waals surface area contributed by atoms with E-state index in [1.54, 1.807) is 31.3 Å². The van der Waals surface area contributed by atoms with Gasteiger partial charge in [0.05, 0.1) is 0 Å². The highest BCUT2D eigenvalue weighted by molar-refractivity contribution is 8.15. The third-order valence-electron chi connectivity index (χ3n) is 3.47. The molecule has 2 aromatic rings. The third-order valence-corrected chi connectivity index (χ3v) is 4.64. The number of thioether (sulfide) groups is 1. The molecule has 6 nitrogen and oxygen atoms in total. The first kappa shape index (κ1) is 17.0. The number of ether oxygens (including phenoxy) is 1. The van der Waals surface area contributed by atoms with Gasteiger partial charge in [-0.1, -0.05) is 30.0 Å². The molecule has 1 aliphatic heterocycles. The highest BCUT2D eigenvalue weighted by atomic mass is 32.2. The van der Waals surface area contributed by atoms with Crippen LogP contribution in [0.4, 0.5) is 5.69 Å². The zero-order chi connectivity index (χ0) is 17.6. The van der Waals surface area contributed by atoms with Crippen LogP contribution in [0.1, 0.15) is 6.42 Å². The van der Waals surface area contributed by atoms with E-state index >= 15 is 0 Å². The molecule has 0 aliphatic carbocycles. The average molecular weight is 355 g/mol. The van der Waals surface area contributed by atoms with Gasteiger partial charge in [0.2, 0.25) is 11.8 Å². The SMILES string of the molecule is CN=C1NC(=O)[C@H](CC(=O)Nc2ccc(Oc3ccccc3)cc2)S1. The van der Waals surface area contributed by atoms with E-state index in [0.29, 0.717) is 16.6 Å². The smallest absolute Gasteiger partial charge is 0.240 e. The summed E-state index contributed by atoms with van der Waals surface area (Å²) in [6.07, 6.45) is 0.0950. The number of benzene rings is 2. The zero-order valence-corrected chi connectivity index (χ0v) is 14.4. The minimum Gasteiger partial charge on any atom is -0.457 e. The van der Waals surface area contributed by atoms with E-state index in [1.807, 2.05) is 30.3 Å². The Kier molecular flexibility index (Phi) is 5.35. The molecular weight excluding hydrogens is 338 g/mol. The molecule has 1 fully saturated rings. The minimum absolute atomic E-state index is 0.0950. The first-order valence-electron chi connectivity index (χ1n) is 7.71. The average Bonchev–Trinajstić information content (AvgIpc) is 2.97. The number of rotatable bonds is 5. The second-order valence-corrected chi connectivity index (χ2v) is 6.51. The molecule has 2 amide bonds. The summed E-state index contributed by atoms with van der Waals surface area (Å²) < 4.78 is 5.70. The lowest BCUT2D eigenvalue weighted by atomic mass is 10.2. The Labute approximate surface area is 149 Å². The number of amidine groups is 1. The van der Waals surface area contributed by atoms with E-state index < -0.39 is 5.25 Å². The van der Waals surface area contributed by atoms with E-state index in [9.17, 15) is 9.59 Å². The van der Waals surface area contributed by atoms with Crippen LogP contribution in [-0.4, -0.2) is 29.3 Å².